The summed E-state index contributed by atoms with van der Waals surface area (Å²) in [7, 11) is 2.22. The van der Waals surface area contributed by atoms with Gasteiger partial charge in [0.25, 0.3) is 0 Å². The maximum Gasteiger partial charge on any atom is 0.00939 e. The third-order valence-corrected chi connectivity index (χ3v) is 3.71. The molecule has 84 valence electrons. The first-order valence-electron chi connectivity index (χ1n) is 6.08. The van der Waals surface area contributed by atoms with Crippen LogP contribution in [0.15, 0.2) is 0 Å². The summed E-state index contributed by atoms with van der Waals surface area (Å²) in [6, 6.07) is 1.43. The molecular weight excluding hydrogens is 172 g/mol. The minimum Gasteiger partial charge on any atom is -0.311 e. The van der Waals surface area contributed by atoms with E-state index in [0.717, 1.165) is 12.0 Å². The molecule has 0 aromatic carbocycles. The number of nitrogens with one attached hydrogen (secondary N) is 1. The predicted molar refractivity (Wildman–Crippen MR) is 62.6 cm³/mol. The molecule has 1 fully saturated rings. The quantitative estimate of drug-likeness (QED) is 0.744. The maximum atomic E-state index is 3.76. The fraction of sp³-hybridized carbons (Fsp3) is 1.00. The van der Waals surface area contributed by atoms with E-state index in [1.165, 1.54) is 32.4 Å². The van der Waals surface area contributed by atoms with Crippen molar-refractivity contribution in [2.45, 2.75) is 52.1 Å². The van der Waals surface area contributed by atoms with Crippen molar-refractivity contribution >= 4 is 0 Å². The van der Waals surface area contributed by atoms with Gasteiger partial charge in [-0.1, -0.05) is 20.3 Å². The molecule has 2 heteroatoms. The number of hydrogen-bond acceptors (Lipinski definition) is 2. The SMILES string of the molecule is CC[C@H](C)[C@@H](C)NC1CCN(C)CC1. The first-order chi connectivity index (χ1) is 6.63. The van der Waals surface area contributed by atoms with Crippen LogP contribution in [0.3, 0.4) is 0 Å². The van der Waals surface area contributed by atoms with E-state index in [0.29, 0.717) is 6.04 Å². The van der Waals surface area contributed by atoms with E-state index in [1.54, 1.807) is 0 Å². The molecule has 1 rings (SSSR count). The van der Waals surface area contributed by atoms with Crippen molar-refractivity contribution in [3.05, 3.63) is 0 Å². The smallest absolute Gasteiger partial charge is 0.00939 e. The number of nitrogens with zero attached hydrogens (tertiary/aromatic N) is 1. The van der Waals surface area contributed by atoms with Crippen LogP contribution < -0.4 is 5.32 Å². The number of hydrogen-bond donors (Lipinski definition) is 1. The lowest BCUT2D eigenvalue weighted by Gasteiger charge is -2.33. The van der Waals surface area contributed by atoms with Gasteiger partial charge in [0.1, 0.15) is 0 Å². The van der Waals surface area contributed by atoms with Crippen LogP contribution in [0.1, 0.15) is 40.0 Å². The molecule has 0 radical (unpaired) electrons. The summed E-state index contributed by atoms with van der Waals surface area (Å²) in [5, 5.41) is 3.76. The topological polar surface area (TPSA) is 15.3 Å². The lowest BCUT2D eigenvalue weighted by atomic mass is 9.97. The van der Waals surface area contributed by atoms with Crippen LogP contribution in [0.5, 0.6) is 0 Å². The molecule has 0 aliphatic carbocycles. The second-order valence-electron chi connectivity index (χ2n) is 4.92. The zero-order valence-corrected chi connectivity index (χ0v) is 10.2. The molecule has 1 saturated heterocycles. The third-order valence-electron chi connectivity index (χ3n) is 3.71. The van der Waals surface area contributed by atoms with Crippen molar-refractivity contribution in [3.63, 3.8) is 0 Å². The van der Waals surface area contributed by atoms with Crippen LogP contribution in [-0.4, -0.2) is 37.1 Å². The Morgan fingerprint density at radius 1 is 1.29 bits per heavy atom. The minimum absolute atomic E-state index is 0.674. The summed E-state index contributed by atoms with van der Waals surface area (Å²) < 4.78 is 0. The van der Waals surface area contributed by atoms with Crippen molar-refractivity contribution in [1.82, 2.24) is 10.2 Å². The van der Waals surface area contributed by atoms with E-state index in [1.807, 2.05) is 0 Å². The van der Waals surface area contributed by atoms with Crippen molar-refractivity contribution in [2.24, 2.45) is 5.92 Å². The van der Waals surface area contributed by atoms with E-state index in [-0.39, 0.29) is 0 Å². The highest BCUT2D eigenvalue weighted by molar-refractivity contribution is 4.79. The normalized spacial score (nSPS) is 24.9. The summed E-state index contributed by atoms with van der Waals surface area (Å²) in [4.78, 5) is 2.42. The van der Waals surface area contributed by atoms with Crippen LogP contribution in [0.2, 0.25) is 0 Å². The third kappa shape index (κ3) is 3.58. The Kier molecular flexibility index (Phi) is 4.90. The Morgan fingerprint density at radius 2 is 1.86 bits per heavy atom. The van der Waals surface area contributed by atoms with Gasteiger partial charge in [-0.3, -0.25) is 0 Å². The first kappa shape index (κ1) is 12.0. The zero-order valence-electron chi connectivity index (χ0n) is 10.2. The summed E-state index contributed by atoms with van der Waals surface area (Å²) >= 11 is 0. The molecule has 1 aliphatic rings. The molecule has 1 N–H and O–H groups in total. The molecular formula is C12H26N2. The van der Waals surface area contributed by atoms with Gasteiger partial charge in [0, 0.05) is 12.1 Å². The van der Waals surface area contributed by atoms with Crippen LogP contribution in [0.25, 0.3) is 0 Å². The summed E-state index contributed by atoms with van der Waals surface area (Å²) in [5.41, 5.74) is 0. The minimum atomic E-state index is 0.674. The molecule has 0 spiro atoms. The zero-order chi connectivity index (χ0) is 10.6. The number of likely N-dealkylation sites (tertiary alicyclic amines) is 1. The Labute approximate surface area is 89.1 Å². The highest BCUT2D eigenvalue weighted by atomic mass is 15.1. The number of rotatable bonds is 4. The van der Waals surface area contributed by atoms with E-state index in [4.69, 9.17) is 0 Å². The molecule has 1 aliphatic heterocycles. The van der Waals surface area contributed by atoms with Gasteiger partial charge < -0.3 is 10.2 Å². The molecule has 2 nitrogen and oxygen atoms in total. The van der Waals surface area contributed by atoms with Crippen molar-refractivity contribution in [2.75, 3.05) is 20.1 Å². The van der Waals surface area contributed by atoms with Gasteiger partial charge >= 0.3 is 0 Å². The van der Waals surface area contributed by atoms with E-state index in [9.17, 15) is 0 Å². The second-order valence-corrected chi connectivity index (χ2v) is 4.92. The highest BCUT2D eigenvalue weighted by Crippen LogP contribution is 2.13. The molecule has 0 aromatic rings. The highest BCUT2D eigenvalue weighted by Gasteiger charge is 2.19. The summed E-state index contributed by atoms with van der Waals surface area (Å²) in [5.74, 6) is 0.801. The molecule has 0 saturated carbocycles. The first-order valence-corrected chi connectivity index (χ1v) is 6.08. The molecule has 0 unspecified atom stereocenters. The summed E-state index contributed by atoms with van der Waals surface area (Å²) in [6.45, 7) is 9.45. The predicted octanol–water partition coefficient (Wildman–Crippen LogP) is 2.10. The lowest BCUT2D eigenvalue weighted by molar-refractivity contribution is 0.214. The monoisotopic (exact) mass is 198 g/mol. The average Bonchev–Trinajstić information content (AvgIpc) is 2.20. The summed E-state index contributed by atoms with van der Waals surface area (Å²) in [6.07, 6.45) is 3.91. The van der Waals surface area contributed by atoms with Crippen LogP contribution in [0.4, 0.5) is 0 Å². The molecule has 0 aromatic heterocycles. The van der Waals surface area contributed by atoms with Gasteiger partial charge in [-0.15, -0.1) is 0 Å². The average molecular weight is 198 g/mol. The van der Waals surface area contributed by atoms with Gasteiger partial charge in [0.05, 0.1) is 0 Å². The Hall–Kier alpha value is -0.0800. The van der Waals surface area contributed by atoms with Gasteiger partial charge in [-0.2, -0.15) is 0 Å². The molecule has 0 bridgehead atoms. The van der Waals surface area contributed by atoms with Gasteiger partial charge in [0.15, 0.2) is 0 Å². The fourth-order valence-corrected chi connectivity index (χ4v) is 2.06. The largest absolute Gasteiger partial charge is 0.311 e. The van der Waals surface area contributed by atoms with Crippen molar-refractivity contribution in [1.29, 1.82) is 0 Å². The van der Waals surface area contributed by atoms with Crippen LogP contribution in [-0.2, 0) is 0 Å². The van der Waals surface area contributed by atoms with Crippen molar-refractivity contribution in [3.8, 4) is 0 Å². The maximum absolute atomic E-state index is 3.76. The Balaban J connectivity index is 2.23. The number of piperidine rings is 1. The van der Waals surface area contributed by atoms with Crippen LogP contribution in [0, 0.1) is 5.92 Å². The molecule has 1 heterocycles. The van der Waals surface area contributed by atoms with Gasteiger partial charge in [-0.05, 0) is 45.8 Å². The van der Waals surface area contributed by atoms with Gasteiger partial charge in [-0.25, -0.2) is 0 Å². The Morgan fingerprint density at radius 3 is 2.36 bits per heavy atom. The molecule has 0 amide bonds. The Bertz CT molecular complexity index is 150. The van der Waals surface area contributed by atoms with Gasteiger partial charge in [0.2, 0.25) is 0 Å². The second kappa shape index (κ2) is 5.72. The standard InChI is InChI=1S/C12H26N2/c1-5-10(2)11(3)13-12-6-8-14(4)9-7-12/h10-13H,5-9H2,1-4H3/t10-,11+/m0/s1. The molecule has 2 atom stereocenters. The lowest BCUT2D eigenvalue weighted by Crippen LogP contribution is -2.46. The van der Waals surface area contributed by atoms with E-state index in [2.05, 4.69) is 38.0 Å². The van der Waals surface area contributed by atoms with E-state index >= 15 is 0 Å². The van der Waals surface area contributed by atoms with Crippen LogP contribution >= 0.6 is 0 Å². The van der Waals surface area contributed by atoms with E-state index < -0.39 is 0 Å². The fourth-order valence-electron chi connectivity index (χ4n) is 2.06. The van der Waals surface area contributed by atoms with Crippen molar-refractivity contribution < 1.29 is 0 Å². The molecule has 14 heavy (non-hydrogen) atoms.